The highest BCUT2D eigenvalue weighted by Crippen LogP contribution is 2.21. The molecule has 3 nitrogen and oxygen atoms in total. The number of hydrogen-bond donors (Lipinski definition) is 2. The van der Waals surface area contributed by atoms with E-state index in [0.29, 0.717) is 6.04 Å². The van der Waals surface area contributed by atoms with E-state index in [1.165, 1.54) is 12.8 Å². The van der Waals surface area contributed by atoms with Gasteiger partial charge in [-0.1, -0.05) is 13.3 Å². The van der Waals surface area contributed by atoms with E-state index in [9.17, 15) is 5.11 Å². The lowest BCUT2D eigenvalue weighted by Crippen LogP contribution is -2.47. The number of aliphatic hydroxyl groups excluding tert-OH is 2. The van der Waals surface area contributed by atoms with E-state index in [1.54, 1.807) is 0 Å². The van der Waals surface area contributed by atoms with Crippen LogP contribution in [0, 0.1) is 0 Å². The van der Waals surface area contributed by atoms with Crippen LogP contribution >= 0.6 is 0 Å². The maximum atomic E-state index is 9.85. The molecule has 3 heteroatoms. The van der Waals surface area contributed by atoms with Crippen LogP contribution in [0.25, 0.3) is 0 Å². The van der Waals surface area contributed by atoms with Crippen LogP contribution in [0.3, 0.4) is 0 Å². The summed E-state index contributed by atoms with van der Waals surface area (Å²) in [5, 5.41) is 18.6. The summed E-state index contributed by atoms with van der Waals surface area (Å²) in [5.41, 5.74) is 0. The third-order valence-corrected chi connectivity index (χ3v) is 3.13. The van der Waals surface area contributed by atoms with Crippen LogP contribution in [0.1, 0.15) is 39.0 Å². The van der Waals surface area contributed by atoms with Crippen LogP contribution in [0.2, 0.25) is 0 Å². The first-order chi connectivity index (χ1) is 6.79. The molecule has 0 spiro atoms. The second-order valence-electron chi connectivity index (χ2n) is 4.15. The molecule has 0 aliphatic carbocycles. The van der Waals surface area contributed by atoms with E-state index in [-0.39, 0.29) is 12.7 Å². The first kappa shape index (κ1) is 12.0. The Hall–Kier alpha value is -0.120. The van der Waals surface area contributed by atoms with Crippen molar-refractivity contribution in [3.05, 3.63) is 0 Å². The fourth-order valence-corrected chi connectivity index (χ4v) is 2.28. The number of hydrogen-bond acceptors (Lipinski definition) is 3. The molecule has 84 valence electrons. The highest BCUT2D eigenvalue weighted by Gasteiger charge is 2.26. The third-order valence-electron chi connectivity index (χ3n) is 3.13. The lowest BCUT2D eigenvalue weighted by molar-refractivity contribution is 0.0212. The Bertz CT molecular complexity index is 152. The van der Waals surface area contributed by atoms with E-state index in [2.05, 4.69) is 4.90 Å². The molecule has 14 heavy (non-hydrogen) atoms. The molecule has 0 amide bonds. The zero-order valence-electron chi connectivity index (χ0n) is 9.15. The predicted octanol–water partition coefficient (Wildman–Crippen LogP) is 0.994. The normalized spacial score (nSPS) is 26.4. The Morgan fingerprint density at radius 2 is 2.21 bits per heavy atom. The lowest BCUT2D eigenvalue weighted by atomic mass is 9.96. The van der Waals surface area contributed by atoms with Crippen molar-refractivity contribution < 1.29 is 10.2 Å². The maximum Gasteiger partial charge on any atom is 0.0692 e. The molecule has 2 unspecified atom stereocenters. The number of piperidine rings is 1. The molecule has 0 aromatic carbocycles. The molecule has 0 aromatic heterocycles. The third kappa shape index (κ3) is 3.23. The van der Waals surface area contributed by atoms with Crippen LogP contribution in [0.4, 0.5) is 0 Å². The molecule has 0 bridgehead atoms. The monoisotopic (exact) mass is 201 g/mol. The van der Waals surface area contributed by atoms with E-state index >= 15 is 0 Å². The zero-order chi connectivity index (χ0) is 10.4. The van der Waals surface area contributed by atoms with Gasteiger partial charge in [-0.15, -0.1) is 0 Å². The van der Waals surface area contributed by atoms with Gasteiger partial charge in [0.2, 0.25) is 0 Å². The van der Waals surface area contributed by atoms with Crippen molar-refractivity contribution in [3.63, 3.8) is 0 Å². The minimum Gasteiger partial charge on any atom is -0.396 e. The largest absolute Gasteiger partial charge is 0.396 e. The van der Waals surface area contributed by atoms with Gasteiger partial charge in [0.25, 0.3) is 0 Å². The quantitative estimate of drug-likeness (QED) is 0.697. The molecule has 1 saturated heterocycles. The lowest BCUT2D eigenvalue weighted by Gasteiger charge is -2.38. The molecular weight excluding hydrogens is 178 g/mol. The van der Waals surface area contributed by atoms with Gasteiger partial charge in [-0.2, -0.15) is 0 Å². The van der Waals surface area contributed by atoms with Crippen molar-refractivity contribution in [2.45, 2.75) is 51.2 Å². The molecule has 0 saturated carbocycles. The molecule has 1 heterocycles. The van der Waals surface area contributed by atoms with Crippen LogP contribution in [-0.4, -0.2) is 47.0 Å². The molecule has 2 atom stereocenters. The van der Waals surface area contributed by atoms with E-state index < -0.39 is 0 Å². The van der Waals surface area contributed by atoms with Gasteiger partial charge in [-0.25, -0.2) is 0 Å². The standard InChI is InChI=1S/C11H23NO2/c1-2-11(14)10-6-3-4-7-12(10)8-5-9-13/h10-11,13-14H,2-9H2,1H3. The zero-order valence-corrected chi connectivity index (χ0v) is 9.15. The van der Waals surface area contributed by atoms with E-state index in [1.807, 2.05) is 6.92 Å². The average molecular weight is 201 g/mol. The second-order valence-corrected chi connectivity index (χ2v) is 4.15. The minimum atomic E-state index is -0.186. The molecule has 1 fully saturated rings. The molecule has 0 aromatic rings. The highest BCUT2D eigenvalue weighted by atomic mass is 16.3. The highest BCUT2D eigenvalue weighted by molar-refractivity contribution is 4.82. The topological polar surface area (TPSA) is 43.7 Å². The molecule has 1 aliphatic rings. The summed E-state index contributed by atoms with van der Waals surface area (Å²) in [4.78, 5) is 2.34. The van der Waals surface area contributed by atoms with Gasteiger partial charge in [0, 0.05) is 19.2 Å². The number of rotatable bonds is 5. The smallest absolute Gasteiger partial charge is 0.0692 e. The van der Waals surface area contributed by atoms with Gasteiger partial charge in [0.05, 0.1) is 6.10 Å². The molecule has 1 rings (SSSR count). The summed E-state index contributed by atoms with van der Waals surface area (Å²) in [7, 11) is 0. The van der Waals surface area contributed by atoms with Crippen LogP contribution in [0.15, 0.2) is 0 Å². The Morgan fingerprint density at radius 3 is 2.86 bits per heavy atom. The van der Waals surface area contributed by atoms with Crippen molar-refractivity contribution in [1.29, 1.82) is 0 Å². The maximum absolute atomic E-state index is 9.85. The average Bonchev–Trinajstić information content (AvgIpc) is 2.25. The summed E-state index contributed by atoms with van der Waals surface area (Å²) in [5.74, 6) is 0. The van der Waals surface area contributed by atoms with Gasteiger partial charge in [0.1, 0.15) is 0 Å². The first-order valence-corrected chi connectivity index (χ1v) is 5.82. The van der Waals surface area contributed by atoms with E-state index in [0.717, 1.165) is 32.4 Å². The molecular formula is C11H23NO2. The molecule has 2 N–H and O–H groups in total. The second kappa shape index (κ2) is 6.38. The van der Waals surface area contributed by atoms with Crippen molar-refractivity contribution in [3.8, 4) is 0 Å². The Morgan fingerprint density at radius 1 is 1.43 bits per heavy atom. The summed E-state index contributed by atoms with van der Waals surface area (Å²) in [6.07, 6.45) is 5.05. The van der Waals surface area contributed by atoms with Gasteiger partial charge >= 0.3 is 0 Å². The molecule has 1 aliphatic heterocycles. The molecule has 0 radical (unpaired) electrons. The first-order valence-electron chi connectivity index (χ1n) is 5.82. The van der Waals surface area contributed by atoms with Crippen molar-refractivity contribution in [1.82, 2.24) is 4.90 Å². The minimum absolute atomic E-state index is 0.186. The van der Waals surface area contributed by atoms with Crippen LogP contribution < -0.4 is 0 Å². The van der Waals surface area contributed by atoms with Crippen molar-refractivity contribution in [2.24, 2.45) is 0 Å². The summed E-state index contributed by atoms with van der Waals surface area (Å²) in [6.45, 7) is 4.30. The van der Waals surface area contributed by atoms with Crippen LogP contribution in [0.5, 0.6) is 0 Å². The predicted molar refractivity (Wildman–Crippen MR) is 57.2 cm³/mol. The fraction of sp³-hybridized carbons (Fsp3) is 1.00. The summed E-state index contributed by atoms with van der Waals surface area (Å²) < 4.78 is 0. The van der Waals surface area contributed by atoms with Crippen LogP contribution in [-0.2, 0) is 0 Å². The van der Waals surface area contributed by atoms with Gasteiger partial charge < -0.3 is 10.2 Å². The van der Waals surface area contributed by atoms with Crippen molar-refractivity contribution in [2.75, 3.05) is 19.7 Å². The SMILES string of the molecule is CCC(O)C1CCCCN1CCCO. The number of nitrogens with zero attached hydrogens (tertiary/aromatic N) is 1. The van der Waals surface area contributed by atoms with Crippen molar-refractivity contribution >= 4 is 0 Å². The Balaban J connectivity index is 2.41. The Labute approximate surface area is 86.7 Å². The number of aliphatic hydroxyl groups is 2. The summed E-state index contributed by atoms with van der Waals surface area (Å²) in [6, 6.07) is 0.334. The van der Waals surface area contributed by atoms with Gasteiger partial charge in [0.15, 0.2) is 0 Å². The fourth-order valence-electron chi connectivity index (χ4n) is 2.28. The van der Waals surface area contributed by atoms with Gasteiger partial charge in [-0.05, 0) is 32.2 Å². The Kier molecular flexibility index (Phi) is 5.45. The summed E-state index contributed by atoms with van der Waals surface area (Å²) >= 11 is 0. The number of likely N-dealkylation sites (tertiary alicyclic amines) is 1. The van der Waals surface area contributed by atoms with E-state index in [4.69, 9.17) is 5.11 Å². The van der Waals surface area contributed by atoms with Gasteiger partial charge in [-0.3, -0.25) is 4.90 Å².